The molecule has 0 unspecified atom stereocenters. The second kappa shape index (κ2) is 15.3. The van der Waals surface area contributed by atoms with Crippen LogP contribution in [0.25, 0.3) is 81.2 Å². The Labute approximate surface area is 344 Å². The molecule has 10 aromatic rings. The summed E-state index contributed by atoms with van der Waals surface area (Å²) in [6, 6.07) is 69.3. The number of aryl methyl sites for hydroxylation is 1. The molecule has 0 radical (unpaired) electrons. The fraction of sp³-hybridized carbons (Fsp3) is 0.0714. The Balaban J connectivity index is 0.00000201. The zero-order valence-electron chi connectivity index (χ0n) is 32.8. The van der Waals surface area contributed by atoms with E-state index in [4.69, 9.17) is 0 Å². The Kier molecular flexibility index (Phi) is 9.41. The van der Waals surface area contributed by atoms with Crippen molar-refractivity contribution in [2.75, 3.05) is 4.90 Å². The molecule has 0 bridgehead atoms. The van der Waals surface area contributed by atoms with E-state index in [9.17, 15) is 0 Å². The summed E-state index contributed by atoms with van der Waals surface area (Å²) < 4.78 is 2.63. The van der Waals surface area contributed by atoms with Crippen LogP contribution in [0.4, 0.5) is 17.1 Å². The first-order chi connectivity index (χ1) is 28.8. The highest BCUT2D eigenvalue weighted by atomic mass is 32.1. The van der Waals surface area contributed by atoms with Gasteiger partial charge in [0.25, 0.3) is 0 Å². The lowest BCUT2D eigenvalue weighted by Crippen LogP contribution is -2.10. The molecule has 0 N–H and O–H groups in total. The number of hydrogen-bond donors (Lipinski definition) is 0. The molecule has 1 heterocycles. The lowest BCUT2D eigenvalue weighted by molar-refractivity contribution is 1.00. The lowest BCUT2D eigenvalue weighted by atomic mass is 9.86. The summed E-state index contributed by atoms with van der Waals surface area (Å²) >= 11 is 1.87. The van der Waals surface area contributed by atoms with Gasteiger partial charge in [-0.15, -0.1) is 11.3 Å². The van der Waals surface area contributed by atoms with Crippen LogP contribution in [0, 0.1) is 0 Å². The van der Waals surface area contributed by atoms with Crippen molar-refractivity contribution in [3.63, 3.8) is 0 Å². The van der Waals surface area contributed by atoms with E-state index in [2.05, 4.69) is 205 Å². The molecule has 58 heavy (non-hydrogen) atoms. The van der Waals surface area contributed by atoms with E-state index < -0.39 is 0 Å². The number of nitrogens with zero attached hydrogens (tertiary/aromatic N) is 1. The van der Waals surface area contributed by atoms with E-state index in [-0.39, 0.29) is 0 Å². The molecule has 0 aliphatic heterocycles. The Morgan fingerprint density at radius 3 is 1.67 bits per heavy atom. The average Bonchev–Trinajstić information content (AvgIpc) is 3.68. The van der Waals surface area contributed by atoms with Gasteiger partial charge in [-0.05, 0) is 133 Å². The Morgan fingerprint density at radius 2 is 0.948 bits per heavy atom. The predicted octanol–water partition coefficient (Wildman–Crippen LogP) is 16.8. The Bertz CT molecular complexity index is 3100. The van der Waals surface area contributed by atoms with Gasteiger partial charge in [0.15, 0.2) is 0 Å². The molecular weight excluding hydrogens is 719 g/mol. The van der Waals surface area contributed by atoms with E-state index in [0.29, 0.717) is 0 Å². The first kappa shape index (κ1) is 35.7. The van der Waals surface area contributed by atoms with Crippen molar-refractivity contribution in [1.29, 1.82) is 0 Å². The van der Waals surface area contributed by atoms with E-state index in [1.807, 2.05) is 25.2 Å². The van der Waals surface area contributed by atoms with Crippen LogP contribution in [0.2, 0.25) is 0 Å². The molecule has 0 amide bonds. The molecule has 1 aromatic heterocycles. The molecule has 1 aliphatic carbocycles. The van der Waals surface area contributed by atoms with Crippen LogP contribution >= 0.6 is 11.3 Å². The monoisotopic (exact) mass is 761 g/mol. The molecule has 0 fully saturated rings. The number of rotatable bonds is 6. The Morgan fingerprint density at radius 1 is 0.397 bits per heavy atom. The minimum atomic E-state index is 1.07. The van der Waals surface area contributed by atoms with Gasteiger partial charge in [-0.2, -0.15) is 0 Å². The van der Waals surface area contributed by atoms with Gasteiger partial charge < -0.3 is 4.90 Å². The maximum absolute atomic E-state index is 2.42. The molecule has 0 saturated carbocycles. The lowest BCUT2D eigenvalue weighted by Gasteiger charge is -2.27. The molecular formula is C56H43NS. The minimum absolute atomic E-state index is 1.07. The molecule has 0 atom stereocenters. The predicted molar refractivity (Wildman–Crippen MR) is 254 cm³/mol. The van der Waals surface area contributed by atoms with E-state index in [0.717, 1.165) is 29.9 Å². The van der Waals surface area contributed by atoms with Crippen LogP contribution in [0.5, 0.6) is 0 Å². The largest absolute Gasteiger partial charge is 0.310 e. The smallest absolute Gasteiger partial charge is 0.0468 e. The van der Waals surface area contributed by atoms with Crippen molar-refractivity contribution in [2.45, 2.75) is 26.7 Å². The third-order valence-corrected chi connectivity index (χ3v) is 12.7. The molecule has 11 rings (SSSR count). The second-order valence-electron chi connectivity index (χ2n) is 14.8. The Hall–Kier alpha value is -6.74. The number of thiophene rings is 1. The minimum Gasteiger partial charge on any atom is -0.310 e. The van der Waals surface area contributed by atoms with Crippen LogP contribution in [-0.4, -0.2) is 0 Å². The van der Waals surface area contributed by atoms with Gasteiger partial charge in [0, 0.05) is 37.2 Å². The topological polar surface area (TPSA) is 3.24 Å². The third kappa shape index (κ3) is 6.27. The number of benzene rings is 9. The molecule has 0 spiro atoms. The molecule has 1 aliphatic rings. The average molecular weight is 762 g/mol. The van der Waals surface area contributed by atoms with Crippen molar-refractivity contribution in [2.24, 2.45) is 0 Å². The zero-order valence-corrected chi connectivity index (χ0v) is 33.6. The third-order valence-electron chi connectivity index (χ3n) is 11.5. The van der Waals surface area contributed by atoms with Crippen LogP contribution in [0.15, 0.2) is 194 Å². The highest BCUT2D eigenvalue weighted by Gasteiger charge is 2.20. The molecule has 0 saturated heterocycles. The first-order valence-corrected chi connectivity index (χ1v) is 21.3. The molecule has 9 aromatic carbocycles. The van der Waals surface area contributed by atoms with Crippen LogP contribution in [-0.2, 0) is 6.42 Å². The maximum Gasteiger partial charge on any atom is 0.0468 e. The highest BCUT2D eigenvalue weighted by Crippen LogP contribution is 2.45. The quantitative estimate of drug-likeness (QED) is 0.153. The summed E-state index contributed by atoms with van der Waals surface area (Å²) in [6.45, 7) is 4.00. The van der Waals surface area contributed by atoms with Crippen LogP contribution in [0.3, 0.4) is 0 Å². The summed E-state index contributed by atoms with van der Waals surface area (Å²) in [5, 5.41) is 7.92. The van der Waals surface area contributed by atoms with Gasteiger partial charge in [0.1, 0.15) is 0 Å². The standard InChI is InChI=1S/C54H37NS.C2H6/c1-3-13-36(14-4-1)37-23-27-40(28-24-37)55(42-31-32-47-45-19-8-7-17-43(45)44-18-9-10-20-46(44)51(47)33-42)41-29-25-39(26-30-41)50-35-54-52(48-21-11-12-22-53(48)56-54)34-49(50)38-15-5-2-6-16-38;1-2/h1-7,9-18,20-35H,8,19H2;1-2H3. The summed E-state index contributed by atoms with van der Waals surface area (Å²) in [5.74, 6) is 0. The zero-order chi connectivity index (χ0) is 39.0. The number of allylic oxidation sites excluding steroid dienone is 1. The second-order valence-corrected chi connectivity index (χ2v) is 15.8. The molecule has 1 nitrogen and oxygen atoms in total. The van der Waals surface area contributed by atoms with Crippen LogP contribution in [0.1, 0.15) is 31.4 Å². The SMILES string of the molecule is C1=Cc2c(c3ccc(N(c4ccc(-c5ccccc5)cc4)c4ccc(-c5cc6sc7ccccc7c6cc5-c5ccccc5)cc4)cc3c3ccccc23)CC1.CC. The summed E-state index contributed by atoms with van der Waals surface area (Å²) in [6.07, 6.45) is 6.80. The van der Waals surface area contributed by atoms with Crippen molar-refractivity contribution < 1.29 is 0 Å². The van der Waals surface area contributed by atoms with Crippen molar-refractivity contribution in [3.05, 3.63) is 205 Å². The van der Waals surface area contributed by atoms with Gasteiger partial charge in [0.2, 0.25) is 0 Å². The number of hydrogen-bond acceptors (Lipinski definition) is 2. The molecule has 278 valence electrons. The summed E-state index contributed by atoms with van der Waals surface area (Å²) in [5.41, 5.74) is 13.6. The van der Waals surface area contributed by atoms with Gasteiger partial charge >= 0.3 is 0 Å². The van der Waals surface area contributed by atoms with Gasteiger partial charge in [-0.3, -0.25) is 0 Å². The number of fused-ring (bicyclic) bond motifs is 9. The van der Waals surface area contributed by atoms with E-state index in [1.54, 1.807) is 0 Å². The molecule has 2 heteroatoms. The maximum atomic E-state index is 2.42. The number of anilines is 3. The van der Waals surface area contributed by atoms with Crippen LogP contribution < -0.4 is 4.90 Å². The van der Waals surface area contributed by atoms with Crippen molar-refractivity contribution >= 4 is 76.2 Å². The normalized spacial score (nSPS) is 12.1. The first-order valence-electron chi connectivity index (χ1n) is 20.5. The highest BCUT2D eigenvalue weighted by molar-refractivity contribution is 7.25. The van der Waals surface area contributed by atoms with Gasteiger partial charge in [0.05, 0.1) is 0 Å². The fourth-order valence-electron chi connectivity index (χ4n) is 8.84. The summed E-state index contributed by atoms with van der Waals surface area (Å²) in [7, 11) is 0. The van der Waals surface area contributed by atoms with E-state index >= 15 is 0 Å². The van der Waals surface area contributed by atoms with Gasteiger partial charge in [-0.1, -0.05) is 159 Å². The fourth-order valence-corrected chi connectivity index (χ4v) is 9.97. The van der Waals surface area contributed by atoms with Crippen molar-refractivity contribution in [3.8, 4) is 33.4 Å². The summed E-state index contributed by atoms with van der Waals surface area (Å²) in [4.78, 5) is 2.42. The van der Waals surface area contributed by atoms with E-state index in [1.165, 1.54) is 86.2 Å². The van der Waals surface area contributed by atoms with Gasteiger partial charge in [-0.25, -0.2) is 0 Å². The van der Waals surface area contributed by atoms with Crippen molar-refractivity contribution in [1.82, 2.24) is 0 Å².